The predicted molar refractivity (Wildman–Crippen MR) is 69.3 cm³/mol. The fraction of sp³-hybridized carbons (Fsp3) is 0.357. The second-order valence-corrected chi connectivity index (χ2v) is 4.64. The smallest absolute Gasteiger partial charge is 0.167 e. The standard InChI is InChI=1S/C14H15FN2O/c1-2-18-14-5-9-11(16)7-12(8-3-4-8)17-13(9)6-10(14)15/h5-8H,2-4H2,1H3,(H2,16,17). The van der Waals surface area contributed by atoms with E-state index in [-0.39, 0.29) is 11.6 Å². The van der Waals surface area contributed by atoms with E-state index < -0.39 is 0 Å². The van der Waals surface area contributed by atoms with E-state index in [1.807, 2.05) is 13.0 Å². The Morgan fingerprint density at radius 2 is 2.17 bits per heavy atom. The molecular weight excluding hydrogens is 231 g/mol. The van der Waals surface area contributed by atoms with Crippen LogP contribution in [0.3, 0.4) is 0 Å². The first kappa shape index (κ1) is 11.3. The first-order valence-electron chi connectivity index (χ1n) is 6.21. The van der Waals surface area contributed by atoms with Crippen LogP contribution in [0, 0.1) is 5.82 Å². The summed E-state index contributed by atoms with van der Waals surface area (Å²) in [5.41, 5.74) is 8.25. The van der Waals surface area contributed by atoms with Crippen LogP contribution in [0.4, 0.5) is 10.1 Å². The van der Waals surface area contributed by atoms with Crippen LogP contribution < -0.4 is 10.5 Å². The average Bonchev–Trinajstić information content (AvgIpc) is 3.15. The minimum absolute atomic E-state index is 0.234. The molecule has 0 bridgehead atoms. The number of hydrogen-bond donors (Lipinski definition) is 1. The van der Waals surface area contributed by atoms with Crippen molar-refractivity contribution in [2.75, 3.05) is 12.3 Å². The summed E-state index contributed by atoms with van der Waals surface area (Å²) in [7, 11) is 0. The highest BCUT2D eigenvalue weighted by atomic mass is 19.1. The summed E-state index contributed by atoms with van der Waals surface area (Å²) in [6.07, 6.45) is 2.30. The zero-order valence-corrected chi connectivity index (χ0v) is 10.2. The molecule has 0 atom stereocenters. The summed E-state index contributed by atoms with van der Waals surface area (Å²) < 4.78 is 19.0. The number of benzene rings is 1. The Morgan fingerprint density at radius 1 is 1.39 bits per heavy atom. The van der Waals surface area contributed by atoms with Crippen LogP contribution in [-0.4, -0.2) is 11.6 Å². The molecule has 0 radical (unpaired) electrons. The first-order chi connectivity index (χ1) is 8.69. The molecule has 4 heteroatoms. The van der Waals surface area contributed by atoms with Gasteiger partial charge in [-0.1, -0.05) is 0 Å². The van der Waals surface area contributed by atoms with Gasteiger partial charge >= 0.3 is 0 Å². The molecule has 1 saturated carbocycles. The number of fused-ring (bicyclic) bond motifs is 1. The highest BCUT2D eigenvalue weighted by Gasteiger charge is 2.26. The lowest BCUT2D eigenvalue weighted by Crippen LogP contribution is -1.98. The average molecular weight is 246 g/mol. The van der Waals surface area contributed by atoms with Gasteiger partial charge in [0.2, 0.25) is 0 Å². The lowest BCUT2D eigenvalue weighted by atomic mass is 10.1. The summed E-state index contributed by atoms with van der Waals surface area (Å²) in [5.74, 6) is 0.355. The second-order valence-electron chi connectivity index (χ2n) is 4.64. The van der Waals surface area contributed by atoms with Crippen LogP contribution in [0.1, 0.15) is 31.4 Å². The maximum Gasteiger partial charge on any atom is 0.167 e. The van der Waals surface area contributed by atoms with Crippen molar-refractivity contribution in [1.82, 2.24) is 4.98 Å². The quantitative estimate of drug-likeness (QED) is 0.904. The molecule has 2 aromatic rings. The van der Waals surface area contributed by atoms with Crippen molar-refractivity contribution in [3.05, 3.63) is 29.7 Å². The van der Waals surface area contributed by atoms with E-state index in [0.29, 0.717) is 23.7 Å². The van der Waals surface area contributed by atoms with Gasteiger partial charge in [0.15, 0.2) is 11.6 Å². The molecule has 2 N–H and O–H groups in total. The van der Waals surface area contributed by atoms with E-state index in [9.17, 15) is 4.39 Å². The minimum Gasteiger partial charge on any atom is -0.491 e. The van der Waals surface area contributed by atoms with Crippen molar-refractivity contribution in [3.8, 4) is 5.75 Å². The molecule has 18 heavy (non-hydrogen) atoms. The summed E-state index contributed by atoms with van der Waals surface area (Å²) in [6, 6.07) is 4.93. The second kappa shape index (κ2) is 4.12. The number of hydrogen-bond acceptors (Lipinski definition) is 3. The number of pyridine rings is 1. The summed E-state index contributed by atoms with van der Waals surface area (Å²) in [4.78, 5) is 4.48. The van der Waals surface area contributed by atoms with Gasteiger partial charge in [0.1, 0.15) is 0 Å². The molecule has 3 nitrogen and oxygen atoms in total. The van der Waals surface area contributed by atoms with Gasteiger partial charge in [0.05, 0.1) is 12.1 Å². The van der Waals surface area contributed by atoms with Crippen LogP contribution in [-0.2, 0) is 0 Å². The number of ether oxygens (including phenoxy) is 1. The normalized spacial score (nSPS) is 15.0. The third-order valence-corrected chi connectivity index (χ3v) is 3.21. The van der Waals surface area contributed by atoms with Gasteiger partial charge in [0.25, 0.3) is 0 Å². The van der Waals surface area contributed by atoms with Crippen LogP contribution in [0.15, 0.2) is 18.2 Å². The molecule has 1 aliphatic rings. The number of nitrogens with two attached hydrogens (primary N) is 1. The van der Waals surface area contributed by atoms with Gasteiger partial charge < -0.3 is 10.5 Å². The molecule has 94 valence electrons. The monoisotopic (exact) mass is 246 g/mol. The molecule has 1 heterocycles. The van der Waals surface area contributed by atoms with Gasteiger partial charge in [-0.25, -0.2) is 4.39 Å². The maximum atomic E-state index is 13.8. The van der Waals surface area contributed by atoms with Crippen molar-refractivity contribution in [3.63, 3.8) is 0 Å². The third-order valence-electron chi connectivity index (χ3n) is 3.21. The summed E-state index contributed by atoms with van der Waals surface area (Å²) in [6.45, 7) is 2.25. The molecule has 0 aliphatic heterocycles. The Kier molecular flexibility index (Phi) is 2.58. The number of nitrogen functional groups attached to an aromatic ring is 1. The lowest BCUT2D eigenvalue weighted by molar-refractivity contribution is 0.322. The van der Waals surface area contributed by atoms with Gasteiger partial charge in [-0.05, 0) is 31.9 Å². The number of halogens is 1. The lowest BCUT2D eigenvalue weighted by Gasteiger charge is -2.09. The third kappa shape index (κ3) is 1.88. The van der Waals surface area contributed by atoms with E-state index in [2.05, 4.69) is 4.98 Å². The highest BCUT2D eigenvalue weighted by Crippen LogP contribution is 2.41. The Hall–Kier alpha value is -1.84. The number of rotatable bonds is 3. The number of nitrogens with zero attached hydrogens (tertiary/aromatic N) is 1. The molecule has 0 unspecified atom stereocenters. The first-order valence-corrected chi connectivity index (χ1v) is 6.21. The molecular formula is C14H15FN2O. The van der Waals surface area contributed by atoms with E-state index in [4.69, 9.17) is 10.5 Å². The van der Waals surface area contributed by atoms with Gasteiger partial charge in [-0.2, -0.15) is 0 Å². The summed E-state index contributed by atoms with van der Waals surface area (Å²) >= 11 is 0. The van der Waals surface area contributed by atoms with Crippen molar-refractivity contribution in [1.29, 1.82) is 0 Å². The molecule has 3 rings (SSSR count). The predicted octanol–water partition coefficient (Wildman–Crippen LogP) is 3.23. The molecule has 1 aliphatic carbocycles. The highest BCUT2D eigenvalue weighted by molar-refractivity contribution is 5.91. The van der Waals surface area contributed by atoms with Crippen LogP contribution in [0.5, 0.6) is 5.75 Å². The Morgan fingerprint density at radius 3 is 2.83 bits per heavy atom. The maximum absolute atomic E-state index is 13.8. The van der Waals surface area contributed by atoms with Gasteiger partial charge in [-0.15, -0.1) is 0 Å². The van der Waals surface area contributed by atoms with Gasteiger partial charge in [-0.3, -0.25) is 4.98 Å². The largest absolute Gasteiger partial charge is 0.491 e. The number of aromatic nitrogens is 1. The molecule has 1 fully saturated rings. The topological polar surface area (TPSA) is 48.1 Å². The van der Waals surface area contributed by atoms with Crippen molar-refractivity contribution in [2.24, 2.45) is 0 Å². The van der Waals surface area contributed by atoms with E-state index in [0.717, 1.165) is 23.9 Å². The van der Waals surface area contributed by atoms with Gasteiger partial charge in [0, 0.05) is 28.8 Å². The van der Waals surface area contributed by atoms with Crippen molar-refractivity contribution in [2.45, 2.75) is 25.7 Å². The Labute approximate surface area is 105 Å². The van der Waals surface area contributed by atoms with Crippen LogP contribution in [0.2, 0.25) is 0 Å². The molecule has 1 aromatic carbocycles. The van der Waals surface area contributed by atoms with E-state index in [1.165, 1.54) is 6.07 Å². The molecule has 0 spiro atoms. The Balaban J connectivity index is 2.16. The van der Waals surface area contributed by atoms with E-state index >= 15 is 0 Å². The summed E-state index contributed by atoms with van der Waals surface area (Å²) in [5, 5.41) is 0.754. The Bertz CT molecular complexity index is 608. The zero-order chi connectivity index (χ0) is 12.7. The van der Waals surface area contributed by atoms with Crippen molar-refractivity contribution < 1.29 is 9.13 Å². The fourth-order valence-electron chi connectivity index (χ4n) is 2.13. The number of anilines is 1. The van der Waals surface area contributed by atoms with Crippen LogP contribution in [0.25, 0.3) is 10.9 Å². The van der Waals surface area contributed by atoms with Crippen LogP contribution >= 0.6 is 0 Å². The SMILES string of the molecule is CCOc1cc2c(N)cc(C3CC3)nc2cc1F. The minimum atomic E-state index is -0.385. The molecule has 0 saturated heterocycles. The molecule has 0 amide bonds. The fourth-order valence-corrected chi connectivity index (χ4v) is 2.13. The van der Waals surface area contributed by atoms with Crippen molar-refractivity contribution >= 4 is 16.6 Å². The van der Waals surface area contributed by atoms with E-state index in [1.54, 1.807) is 6.07 Å². The zero-order valence-electron chi connectivity index (χ0n) is 10.2. The molecule has 1 aromatic heterocycles.